The van der Waals surface area contributed by atoms with E-state index in [0.717, 1.165) is 62.9 Å². The third kappa shape index (κ3) is 7.44. The van der Waals surface area contributed by atoms with Gasteiger partial charge in [-0.3, -0.25) is 9.28 Å². The van der Waals surface area contributed by atoms with Crippen LogP contribution in [0.15, 0.2) is 6.08 Å². The topological polar surface area (TPSA) is 61.3 Å². The zero-order chi connectivity index (χ0) is 20.5. The minimum absolute atomic E-state index is 0. The number of unbranched alkanes of at least 4 members (excludes halogenated alkanes) is 3. The van der Waals surface area contributed by atoms with Crippen LogP contribution in [0.4, 0.5) is 0 Å². The number of carbonyl (C=O) groups is 1. The molecule has 1 fully saturated rings. The predicted octanol–water partition coefficient (Wildman–Crippen LogP) is 1.82. The van der Waals surface area contributed by atoms with Crippen molar-refractivity contribution in [2.45, 2.75) is 71.1 Å². The second-order valence-corrected chi connectivity index (χ2v) is 9.30. The van der Waals surface area contributed by atoms with Crippen molar-refractivity contribution in [3.8, 4) is 5.88 Å². The van der Waals surface area contributed by atoms with Gasteiger partial charge in [-0.1, -0.05) is 51.5 Å². The molecule has 6 nitrogen and oxygen atoms in total. The molecule has 1 atom stereocenters. The van der Waals surface area contributed by atoms with Crippen LogP contribution in [-0.2, 0) is 9.53 Å². The summed E-state index contributed by atoms with van der Waals surface area (Å²) in [6.45, 7) is 5.08. The highest BCUT2D eigenvalue weighted by molar-refractivity contribution is 6.99. The number of quaternary nitrogens is 1. The Balaban J connectivity index is 0.00000320. The van der Waals surface area contributed by atoms with Crippen LogP contribution in [0.3, 0.4) is 0 Å². The average molecular weight is 550 g/mol. The van der Waals surface area contributed by atoms with Gasteiger partial charge in [0.25, 0.3) is 5.88 Å². The zero-order valence-electron chi connectivity index (χ0n) is 18.4. The molecule has 8 heteroatoms. The van der Waals surface area contributed by atoms with Crippen molar-refractivity contribution >= 4 is 23.3 Å². The minimum Gasteiger partial charge on any atom is -1.00 e. The van der Waals surface area contributed by atoms with Crippen LogP contribution in [0.2, 0.25) is 0 Å². The second-order valence-electron chi connectivity index (χ2n) is 8.77. The van der Waals surface area contributed by atoms with E-state index in [4.69, 9.17) is 9.47 Å². The van der Waals surface area contributed by atoms with Gasteiger partial charge in [-0.2, -0.15) is 4.37 Å². The quantitative estimate of drug-likeness (QED) is 0.193. The molecule has 1 saturated carbocycles. The summed E-state index contributed by atoms with van der Waals surface area (Å²) in [4.78, 5) is 12.5. The Kier molecular flexibility index (Phi) is 11.0. The molecule has 2 heterocycles. The minimum atomic E-state index is -0.00780. The summed E-state index contributed by atoms with van der Waals surface area (Å²) >= 11 is 1.21. The Morgan fingerprint density at radius 3 is 2.77 bits per heavy atom. The highest BCUT2D eigenvalue weighted by Crippen LogP contribution is 2.30. The molecule has 0 bridgehead atoms. The Bertz CT molecular complexity index is 691. The van der Waals surface area contributed by atoms with E-state index in [1.807, 2.05) is 0 Å². The van der Waals surface area contributed by atoms with Gasteiger partial charge in [-0.25, -0.2) is 0 Å². The van der Waals surface area contributed by atoms with E-state index in [0.29, 0.717) is 23.7 Å². The molecule has 170 valence electrons. The second kappa shape index (κ2) is 13.0. The molecule has 1 aromatic rings. The van der Waals surface area contributed by atoms with Crippen molar-refractivity contribution in [1.82, 2.24) is 8.75 Å². The lowest BCUT2D eigenvalue weighted by molar-refractivity contribution is -0.919. The Morgan fingerprint density at radius 2 is 2.00 bits per heavy atom. The molecule has 1 aliphatic heterocycles. The van der Waals surface area contributed by atoms with Gasteiger partial charge < -0.3 is 33.5 Å². The summed E-state index contributed by atoms with van der Waals surface area (Å²) in [7, 11) is 2.16. The van der Waals surface area contributed by atoms with Crippen molar-refractivity contribution < 1.29 is 42.7 Å². The van der Waals surface area contributed by atoms with Gasteiger partial charge >= 0.3 is 5.97 Å². The molecule has 1 unspecified atom stereocenters. The largest absolute Gasteiger partial charge is 1.00 e. The van der Waals surface area contributed by atoms with E-state index in [9.17, 15) is 4.79 Å². The van der Waals surface area contributed by atoms with Gasteiger partial charge in [-0.15, -0.1) is 4.37 Å². The molecule has 0 radical (unpaired) electrons. The number of esters is 1. The first-order valence-electron chi connectivity index (χ1n) is 11.3. The van der Waals surface area contributed by atoms with E-state index in [2.05, 4.69) is 28.8 Å². The third-order valence-corrected chi connectivity index (χ3v) is 6.58. The van der Waals surface area contributed by atoms with E-state index < -0.39 is 0 Å². The van der Waals surface area contributed by atoms with Gasteiger partial charge in [0.15, 0.2) is 0 Å². The summed E-state index contributed by atoms with van der Waals surface area (Å²) in [5, 5.41) is 0. The first-order valence-corrected chi connectivity index (χ1v) is 12.0. The Hall–Kier alpha value is -0.740. The maximum atomic E-state index is 12.5. The lowest BCUT2D eigenvalue weighted by Gasteiger charge is -2.37. The maximum absolute atomic E-state index is 12.5. The molecule has 0 aromatic carbocycles. The molecular weight excluding hydrogens is 513 g/mol. The van der Waals surface area contributed by atoms with Crippen molar-refractivity contribution in [2.75, 3.05) is 33.5 Å². The normalized spacial score (nSPS) is 22.1. The standard InChI is InChI=1S/C22H36N3O3S.HI/c1-3-4-5-9-15-27-21-20(23-29-24-21)19-13-10-14-25(2,16-19)17-28-22(26)18-11-7-6-8-12-18;/h13,18H,3-12,14-17H2,1-2H3;1H/q+1;/p-1. The Labute approximate surface area is 202 Å². The van der Waals surface area contributed by atoms with Crippen LogP contribution >= 0.6 is 11.7 Å². The van der Waals surface area contributed by atoms with Crippen LogP contribution < -0.4 is 28.7 Å². The molecule has 0 N–H and O–H groups in total. The fourth-order valence-electron chi connectivity index (χ4n) is 4.23. The number of rotatable bonds is 10. The Morgan fingerprint density at radius 1 is 1.20 bits per heavy atom. The van der Waals surface area contributed by atoms with Crippen molar-refractivity contribution in [3.63, 3.8) is 0 Å². The van der Waals surface area contributed by atoms with E-state index in [1.165, 1.54) is 37.4 Å². The molecule has 0 spiro atoms. The number of nitrogens with zero attached hydrogens (tertiary/aromatic N) is 3. The number of hydrogen-bond acceptors (Lipinski definition) is 6. The smallest absolute Gasteiger partial charge is 0.313 e. The van der Waals surface area contributed by atoms with Gasteiger partial charge in [0, 0.05) is 12.0 Å². The monoisotopic (exact) mass is 549 g/mol. The fourth-order valence-corrected chi connectivity index (χ4v) is 4.76. The highest BCUT2D eigenvalue weighted by atomic mass is 127. The highest BCUT2D eigenvalue weighted by Gasteiger charge is 2.32. The lowest BCUT2D eigenvalue weighted by atomic mass is 9.89. The fraction of sp³-hybridized carbons (Fsp3) is 0.773. The first-order chi connectivity index (χ1) is 14.1. The summed E-state index contributed by atoms with van der Waals surface area (Å²) in [5.74, 6) is 0.752. The van der Waals surface area contributed by atoms with E-state index in [-0.39, 0.29) is 35.9 Å². The zero-order valence-corrected chi connectivity index (χ0v) is 21.4. The van der Waals surface area contributed by atoms with Crippen LogP contribution in [0.5, 0.6) is 5.88 Å². The molecule has 2 aliphatic rings. The summed E-state index contributed by atoms with van der Waals surface area (Å²) in [6, 6.07) is 0. The van der Waals surface area contributed by atoms with Gasteiger partial charge in [-0.05, 0) is 19.3 Å². The molecular formula is C22H36IN3O3S. The number of aromatic nitrogens is 2. The predicted molar refractivity (Wildman–Crippen MR) is 116 cm³/mol. The van der Waals surface area contributed by atoms with Crippen LogP contribution in [-0.4, -0.2) is 52.7 Å². The maximum Gasteiger partial charge on any atom is 0.313 e. The summed E-state index contributed by atoms with van der Waals surface area (Å²) in [6.07, 6.45) is 13.4. The number of hydrogen-bond donors (Lipinski definition) is 0. The van der Waals surface area contributed by atoms with Crippen molar-refractivity contribution in [1.29, 1.82) is 0 Å². The summed E-state index contributed by atoms with van der Waals surface area (Å²) in [5.41, 5.74) is 2.03. The molecule has 0 amide bonds. The van der Waals surface area contributed by atoms with Crippen molar-refractivity contribution in [3.05, 3.63) is 11.8 Å². The first kappa shape index (κ1) is 25.5. The van der Waals surface area contributed by atoms with Gasteiger partial charge in [0.05, 0.1) is 37.8 Å². The number of likely N-dealkylation sites (N-methyl/N-ethyl adjacent to an activating group) is 1. The van der Waals surface area contributed by atoms with Gasteiger partial charge in [0.1, 0.15) is 12.2 Å². The molecule has 30 heavy (non-hydrogen) atoms. The van der Waals surface area contributed by atoms with E-state index >= 15 is 0 Å². The third-order valence-electron chi connectivity index (χ3n) is 6.07. The lowest BCUT2D eigenvalue weighted by Crippen LogP contribution is -3.00. The van der Waals surface area contributed by atoms with Crippen molar-refractivity contribution in [2.24, 2.45) is 5.92 Å². The molecule has 3 rings (SSSR count). The van der Waals surface area contributed by atoms with E-state index in [1.54, 1.807) is 0 Å². The number of ether oxygens (including phenoxy) is 2. The molecule has 1 aliphatic carbocycles. The molecule has 1 aromatic heterocycles. The van der Waals surface area contributed by atoms with Gasteiger partial charge in [0.2, 0.25) is 6.73 Å². The van der Waals surface area contributed by atoms with Crippen LogP contribution in [0, 0.1) is 5.92 Å². The SMILES string of the molecule is CCCCCCOc1nsnc1C1=CCC[N+](C)(COC(=O)C2CCCCC2)C1.[I-]. The average Bonchev–Trinajstić information content (AvgIpc) is 3.21. The van der Waals surface area contributed by atoms with Crippen LogP contribution in [0.25, 0.3) is 5.57 Å². The van der Waals surface area contributed by atoms with Crippen LogP contribution in [0.1, 0.15) is 76.8 Å². The molecule has 0 saturated heterocycles. The number of carbonyl (C=O) groups excluding carboxylic acids is 1. The summed E-state index contributed by atoms with van der Waals surface area (Å²) < 4.78 is 21.3. The number of halogens is 1.